The maximum absolute atomic E-state index is 12.7. The zero-order chi connectivity index (χ0) is 8.27. The predicted octanol–water partition coefficient (Wildman–Crippen LogP) is 2.48. The summed E-state index contributed by atoms with van der Waals surface area (Å²) in [7, 11) is 0. The van der Waals surface area contributed by atoms with Crippen LogP contribution in [0.4, 0.5) is 10.1 Å². The Morgan fingerprint density at radius 3 is 2.91 bits per heavy atom. The number of hydrogen-bond acceptors (Lipinski definition) is 2. The molecule has 0 aromatic heterocycles. The third-order valence-corrected chi connectivity index (χ3v) is 1.61. The quantitative estimate of drug-likeness (QED) is 0.576. The van der Waals surface area contributed by atoms with Crippen molar-refractivity contribution in [3.8, 4) is 6.19 Å². The Bertz CT molecular complexity index is 306. The first kappa shape index (κ1) is 8.02. The van der Waals surface area contributed by atoms with E-state index in [2.05, 4.69) is 21.2 Å². The maximum atomic E-state index is 12.7. The molecule has 0 spiro atoms. The van der Waals surface area contributed by atoms with Crippen molar-refractivity contribution >= 4 is 21.6 Å². The molecule has 1 aromatic carbocycles. The lowest BCUT2D eigenvalue weighted by Crippen LogP contribution is -1.90. The number of halogens is 2. The molecular formula is C7H4BrFN2. The van der Waals surface area contributed by atoms with E-state index in [9.17, 15) is 4.39 Å². The van der Waals surface area contributed by atoms with Crippen LogP contribution in [0.15, 0.2) is 22.7 Å². The third kappa shape index (κ3) is 1.92. The molecular weight excluding hydrogens is 211 g/mol. The van der Waals surface area contributed by atoms with Gasteiger partial charge in [-0.2, -0.15) is 5.26 Å². The molecule has 4 heteroatoms. The van der Waals surface area contributed by atoms with Crippen LogP contribution in [-0.2, 0) is 0 Å². The zero-order valence-corrected chi connectivity index (χ0v) is 7.02. The van der Waals surface area contributed by atoms with E-state index < -0.39 is 5.82 Å². The highest BCUT2D eigenvalue weighted by Crippen LogP contribution is 2.19. The van der Waals surface area contributed by atoms with E-state index in [4.69, 9.17) is 5.26 Å². The summed E-state index contributed by atoms with van der Waals surface area (Å²) in [5, 5.41) is 10.4. The van der Waals surface area contributed by atoms with Gasteiger partial charge in [-0.1, -0.05) is 15.9 Å². The lowest BCUT2D eigenvalue weighted by atomic mass is 10.3. The van der Waals surface area contributed by atoms with Gasteiger partial charge in [0.1, 0.15) is 5.82 Å². The molecule has 1 N–H and O–H groups in total. The predicted molar refractivity (Wildman–Crippen MR) is 43.3 cm³/mol. The molecule has 0 bridgehead atoms. The molecule has 56 valence electrons. The molecule has 0 aliphatic carbocycles. The molecule has 1 rings (SSSR count). The third-order valence-electron chi connectivity index (χ3n) is 1.12. The van der Waals surface area contributed by atoms with Crippen molar-refractivity contribution in [1.29, 1.82) is 5.26 Å². The second-order valence-electron chi connectivity index (χ2n) is 1.86. The van der Waals surface area contributed by atoms with Gasteiger partial charge in [-0.25, -0.2) is 4.39 Å². The molecule has 0 heterocycles. The Morgan fingerprint density at radius 2 is 2.27 bits per heavy atom. The standard InChI is InChI=1S/C7H4BrFN2/c8-5-1-2-6(9)7(3-5)11-4-10/h1-3,11H. The van der Waals surface area contributed by atoms with Crippen LogP contribution in [-0.4, -0.2) is 0 Å². The first-order chi connectivity index (χ1) is 5.24. The SMILES string of the molecule is N#CNc1cc(Br)ccc1F. The van der Waals surface area contributed by atoms with Gasteiger partial charge in [-0.3, -0.25) is 5.32 Å². The topological polar surface area (TPSA) is 35.8 Å². The van der Waals surface area contributed by atoms with E-state index in [0.717, 1.165) is 4.47 Å². The number of nitrogens with one attached hydrogen (secondary N) is 1. The van der Waals surface area contributed by atoms with E-state index in [1.807, 2.05) is 0 Å². The van der Waals surface area contributed by atoms with Crippen LogP contribution in [0.2, 0.25) is 0 Å². The average molecular weight is 215 g/mol. The van der Waals surface area contributed by atoms with Crippen molar-refractivity contribution in [2.75, 3.05) is 5.32 Å². The molecule has 1 aromatic rings. The molecule has 0 aliphatic heterocycles. The molecule has 0 fully saturated rings. The van der Waals surface area contributed by atoms with E-state index >= 15 is 0 Å². The molecule has 0 unspecified atom stereocenters. The van der Waals surface area contributed by atoms with E-state index in [-0.39, 0.29) is 5.69 Å². The molecule has 0 aliphatic rings. The Hall–Kier alpha value is -1.08. The minimum atomic E-state index is -0.435. The minimum absolute atomic E-state index is 0.182. The fraction of sp³-hybridized carbons (Fsp3) is 0. The minimum Gasteiger partial charge on any atom is -0.290 e. The highest BCUT2D eigenvalue weighted by molar-refractivity contribution is 9.10. The summed E-state index contributed by atoms with van der Waals surface area (Å²) in [5.41, 5.74) is 0.182. The monoisotopic (exact) mass is 214 g/mol. The Morgan fingerprint density at radius 1 is 1.55 bits per heavy atom. The van der Waals surface area contributed by atoms with Crippen molar-refractivity contribution < 1.29 is 4.39 Å². The van der Waals surface area contributed by atoms with Gasteiger partial charge in [0, 0.05) is 4.47 Å². The molecule has 11 heavy (non-hydrogen) atoms. The van der Waals surface area contributed by atoms with E-state index in [1.54, 1.807) is 12.3 Å². The van der Waals surface area contributed by atoms with Gasteiger partial charge >= 0.3 is 0 Å². The summed E-state index contributed by atoms with van der Waals surface area (Å²) >= 11 is 3.15. The van der Waals surface area contributed by atoms with Crippen molar-refractivity contribution in [3.05, 3.63) is 28.5 Å². The van der Waals surface area contributed by atoms with Crippen LogP contribution in [0, 0.1) is 17.3 Å². The number of anilines is 1. The van der Waals surface area contributed by atoms with Crippen molar-refractivity contribution in [2.45, 2.75) is 0 Å². The van der Waals surface area contributed by atoms with Crippen molar-refractivity contribution in [2.24, 2.45) is 0 Å². The Balaban J connectivity index is 3.05. The van der Waals surface area contributed by atoms with Crippen LogP contribution in [0.3, 0.4) is 0 Å². The highest BCUT2D eigenvalue weighted by atomic mass is 79.9. The van der Waals surface area contributed by atoms with Crippen LogP contribution < -0.4 is 5.32 Å². The van der Waals surface area contributed by atoms with Crippen molar-refractivity contribution in [3.63, 3.8) is 0 Å². The number of nitriles is 1. The number of hydrogen-bond donors (Lipinski definition) is 1. The van der Waals surface area contributed by atoms with Gasteiger partial charge in [-0.15, -0.1) is 0 Å². The fourth-order valence-corrected chi connectivity index (χ4v) is 1.01. The average Bonchev–Trinajstić information content (AvgIpc) is 1.98. The van der Waals surface area contributed by atoms with Gasteiger partial charge in [0.05, 0.1) is 5.69 Å². The summed E-state index contributed by atoms with van der Waals surface area (Å²) in [6.45, 7) is 0. The Kier molecular flexibility index (Phi) is 2.44. The number of nitrogens with zero attached hydrogens (tertiary/aromatic N) is 1. The molecule has 0 radical (unpaired) electrons. The van der Waals surface area contributed by atoms with Gasteiger partial charge in [-0.05, 0) is 18.2 Å². The lowest BCUT2D eigenvalue weighted by Gasteiger charge is -1.98. The van der Waals surface area contributed by atoms with Crippen LogP contribution in [0.1, 0.15) is 0 Å². The summed E-state index contributed by atoms with van der Waals surface area (Å²) in [6, 6.07) is 4.35. The molecule has 0 atom stereocenters. The first-order valence-corrected chi connectivity index (χ1v) is 3.63. The van der Waals surface area contributed by atoms with E-state index in [0.29, 0.717) is 0 Å². The largest absolute Gasteiger partial charge is 0.290 e. The van der Waals surface area contributed by atoms with Gasteiger partial charge in [0.2, 0.25) is 0 Å². The normalized spacial score (nSPS) is 8.82. The second kappa shape index (κ2) is 3.35. The summed E-state index contributed by atoms with van der Waals surface area (Å²) in [5.74, 6) is -0.435. The van der Waals surface area contributed by atoms with Crippen LogP contribution in [0.25, 0.3) is 0 Å². The van der Waals surface area contributed by atoms with Crippen LogP contribution >= 0.6 is 15.9 Å². The van der Waals surface area contributed by atoms with Gasteiger partial charge in [0.25, 0.3) is 0 Å². The number of rotatable bonds is 1. The number of benzene rings is 1. The van der Waals surface area contributed by atoms with Crippen molar-refractivity contribution in [1.82, 2.24) is 0 Å². The van der Waals surface area contributed by atoms with E-state index in [1.165, 1.54) is 12.1 Å². The van der Waals surface area contributed by atoms with Gasteiger partial charge in [0.15, 0.2) is 6.19 Å². The molecule has 2 nitrogen and oxygen atoms in total. The first-order valence-electron chi connectivity index (χ1n) is 2.84. The van der Waals surface area contributed by atoms with Gasteiger partial charge < -0.3 is 0 Å². The lowest BCUT2D eigenvalue weighted by molar-refractivity contribution is 0.631. The fourth-order valence-electron chi connectivity index (χ4n) is 0.654. The molecule has 0 saturated carbocycles. The summed E-state index contributed by atoms with van der Waals surface area (Å²) in [4.78, 5) is 0. The molecule has 0 amide bonds. The zero-order valence-electron chi connectivity index (χ0n) is 5.44. The summed E-state index contributed by atoms with van der Waals surface area (Å²) in [6.07, 6.45) is 1.64. The Labute approximate surface area is 71.8 Å². The smallest absolute Gasteiger partial charge is 0.181 e. The highest BCUT2D eigenvalue weighted by Gasteiger charge is 1.99. The maximum Gasteiger partial charge on any atom is 0.181 e. The van der Waals surface area contributed by atoms with Crippen LogP contribution in [0.5, 0.6) is 0 Å². The molecule has 0 saturated heterocycles. The summed E-state index contributed by atoms with van der Waals surface area (Å²) < 4.78 is 13.5. The second-order valence-corrected chi connectivity index (χ2v) is 2.78.